The Labute approximate surface area is 293 Å². The molecule has 4 aromatic rings. The van der Waals surface area contributed by atoms with Gasteiger partial charge in [-0.1, -0.05) is 36.4 Å². The zero-order valence-corrected chi connectivity index (χ0v) is 28.9. The second-order valence-corrected chi connectivity index (χ2v) is 12.5. The highest BCUT2D eigenvalue weighted by atomic mass is 32.2. The fourth-order valence-corrected chi connectivity index (χ4v) is 7.77. The number of hydrogen-bond acceptors (Lipinski definition) is 14. The van der Waals surface area contributed by atoms with Gasteiger partial charge in [-0.15, -0.1) is 23.5 Å². The topological polar surface area (TPSA) is 184 Å². The zero-order valence-electron chi connectivity index (χ0n) is 27.2. The lowest BCUT2D eigenvalue weighted by Gasteiger charge is -2.41. The summed E-state index contributed by atoms with van der Waals surface area (Å²) in [5.74, 6) is -9.26. The number of allylic oxidation sites excluding steroid dienone is 1. The summed E-state index contributed by atoms with van der Waals surface area (Å²) >= 11 is 2.26. The van der Waals surface area contributed by atoms with E-state index in [4.69, 9.17) is 14.2 Å². The lowest BCUT2D eigenvalue weighted by Crippen LogP contribution is -2.56. The van der Waals surface area contributed by atoms with Gasteiger partial charge >= 0.3 is 17.9 Å². The summed E-state index contributed by atoms with van der Waals surface area (Å²) in [5, 5.41) is 22.9. The highest BCUT2D eigenvalue weighted by Gasteiger charge is 2.74. The molecule has 2 aromatic carbocycles. The van der Waals surface area contributed by atoms with Crippen LogP contribution in [0.5, 0.6) is 0 Å². The number of para-hydroxylation sites is 2. The predicted octanol–water partition coefficient (Wildman–Crippen LogP) is 3.72. The van der Waals surface area contributed by atoms with Crippen molar-refractivity contribution < 1.29 is 38.2 Å². The largest absolute Gasteiger partial charge is 0.468 e. The SMILES string of the molecule is COC(=O)C1=C(Nc2c(C#N)c(SC)nn2-c2ccccc2)C(=O)C2c3c(c(SC)nn3-c3ccccc3)C(=O)C(C(=O)OC)C12C(=O)OC. The van der Waals surface area contributed by atoms with Crippen LogP contribution in [-0.4, -0.2) is 82.9 Å². The van der Waals surface area contributed by atoms with Crippen LogP contribution in [0.15, 0.2) is 82.0 Å². The minimum atomic E-state index is -2.63. The van der Waals surface area contributed by atoms with E-state index in [0.717, 1.165) is 33.1 Å². The Morgan fingerprint density at radius 1 is 0.840 bits per heavy atom. The van der Waals surface area contributed by atoms with Crippen molar-refractivity contribution in [3.63, 3.8) is 0 Å². The number of nitrogens with zero attached hydrogens (tertiary/aromatic N) is 5. The molecule has 0 fully saturated rings. The number of esters is 3. The molecule has 2 aliphatic rings. The minimum absolute atomic E-state index is 0.0194. The molecule has 14 nitrogen and oxygen atoms in total. The van der Waals surface area contributed by atoms with Gasteiger partial charge in [0.05, 0.1) is 61.1 Å². The maximum Gasteiger partial charge on any atom is 0.337 e. The zero-order chi connectivity index (χ0) is 35.9. The van der Waals surface area contributed by atoms with Crippen LogP contribution in [-0.2, 0) is 33.4 Å². The number of Topliss-reactive ketones (excluding diaryl/α,β-unsaturated/α-hetero) is 2. The summed E-state index contributed by atoms with van der Waals surface area (Å²) in [4.78, 5) is 72.1. The first kappa shape index (κ1) is 34.2. The van der Waals surface area contributed by atoms with Crippen LogP contribution in [0, 0.1) is 22.7 Å². The second kappa shape index (κ2) is 13.3. The monoisotopic (exact) mass is 712 g/mol. The Bertz CT molecular complexity index is 2150. The van der Waals surface area contributed by atoms with Crippen molar-refractivity contribution in [1.82, 2.24) is 19.6 Å². The van der Waals surface area contributed by atoms with Crippen LogP contribution >= 0.6 is 23.5 Å². The van der Waals surface area contributed by atoms with Crippen molar-refractivity contribution >= 4 is 58.8 Å². The summed E-state index contributed by atoms with van der Waals surface area (Å²) in [6.45, 7) is 0. The first-order valence-electron chi connectivity index (χ1n) is 14.9. The van der Waals surface area contributed by atoms with E-state index in [1.54, 1.807) is 73.2 Å². The number of ketones is 2. The van der Waals surface area contributed by atoms with Crippen molar-refractivity contribution in [2.24, 2.45) is 11.3 Å². The number of nitrogens with one attached hydrogen (secondary N) is 1. The van der Waals surface area contributed by atoms with E-state index >= 15 is 4.79 Å². The summed E-state index contributed by atoms with van der Waals surface area (Å²) in [7, 11) is 3.06. The van der Waals surface area contributed by atoms with E-state index in [0.29, 0.717) is 16.4 Å². The molecule has 2 heterocycles. The molecule has 50 heavy (non-hydrogen) atoms. The van der Waals surface area contributed by atoms with Crippen LogP contribution < -0.4 is 5.32 Å². The first-order valence-corrected chi connectivity index (χ1v) is 17.3. The first-order chi connectivity index (χ1) is 24.1. The van der Waals surface area contributed by atoms with E-state index in [2.05, 4.69) is 21.6 Å². The fraction of sp³-hybridized carbons (Fsp3) is 0.235. The van der Waals surface area contributed by atoms with Gasteiger partial charge < -0.3 is 19.5 Å². The number of carbonyl (C=O) groups excluding carboxylic acids is 5. The molecule has 3 unspecified atom stereocenters. The molecule has 3 atom stereocenters. The van der Waals surface area contributed by atoms with E-state index in [1.807, 2.05) is 0 Å². The van der Waals surface area contributed by atoms with Crippen LogP contribution in [0.4, 0.5) is 5.82 Å². The minimum Gasteiger partial charge on any atom is -0.468 e. The molecular formula is C34H28N6O8S2. The van der Waals surface area contributed by atoms with Gasteiger partial charge in [-0.3, -0.25) is 19.2 Å². The Morgan fingerprint density at radius 2 is 1.42 bits per heavy atom. The molecule has 0 amide bonds. The number of methoxy groups -OCH3 is 3. The molecule has 0 saturated carbocycles. The van der Waals surface area contributed by atoms with Crippen LogP contribution in [0.1, 0.15) is 27.5 Å². The highest BCUT2D eigenvalue weighted by Crippen LogP contribution is 2.61. The quantitative estimate of drug-likeness (QED) is 0.115. The van der Waals surface area contributed by atoms with Crippen molar-refractivity contribution in [3.05, 3.63) is 88.8 Å². The molecular weight excluding hydrogens is 685 g/mol. The smallest absolute Gasteiger partial charge is 0.337 e. The van der Waals surface area contributed by atoms with Crippen LogP contribution in [0.2, 0.25) is 0 Å². The summed E-state index contributed by atoms with van der Waals surface area (Å²) in [6, 6.07) is 19.4. The Balaban J connectivity index is 1.75. The fourth-order valence-electron chi connectivity index (χ4n) is 6.69. The third-order valence-corrected chi connectivity index (χ3v) is 10.0. The molecule has 0 radical (unpaired) electrons. The van der Waals surface area contributed by atoms with Crippen LogP contribution in [0.25, 0.3) is 11.4 Å². The number of aromatic nitrogens is 4. The van der Waals surface area contributed by atoms with Crippen LogP contribution in [0.3, 0.4) is 0 Å². The molecule has 2 aliphatic carbocycles. The molecule has 2 aromatic heterocycles. The number of rotatable bonds is 9. The van der Waals surface area contributed by atoms with Gasteiger partial charge in [0, 0.05) is 0 Å². The van der Waals surface area contributed by atoms with Crippen molar-refractivity contribution in [2.75, 3.05) is 39.2 Å². The third kappa shape index (κ3) is 4.83. The standard InChI is InChI=1S/C34H28N6O8S2/c1-46-31(43)21-24(36-28-19(16-35)29(49-4)37-40(28)18-14-10-7-11-15-18)27(42)22-25-20(30(50-5)38-39(25)17-12-8-6-9-13-17)26(41)23(32(44)47-2)34(21,22)33(45)48-3/h6-15,22-23,36H,1-5H3. The molecule has 0 saturated heterocycles. The number of benzene rings is 2. The summed E-state index contributed by atoms with van der Waals surface area (Å²) < 4.78 is 18.2. The average molecular weight is 713 g/mol. The predicted molar refractivity (Wildman–Crippen MR) is 180 cm³/mol. The van der Waals surface area contributed by atoms with Gasteiger partial charge in [0.2, 0.25) is 0 Å². The van der Waals surface area contributed by atoms with E-state index in [9.17, 15) is 24.4 Å². The van der Waals surface area contributed by atoms with E-state index in [1.165, 1.54) is 21.1 Å². The average Bonchev–Trinajstić information content (AvgIpc) is 3.79. The molecule has 0 spiro atoms. The molecule has 0 bridgehead atoms. The number of fused-ring (bicyclic) bond motifs is 3. The van der Waals surface area contributed by atoms with Gasteiger partial charge in [-0.05, 0) is 36.8 Å². The normalized spacial score (nSPS) is 19.4. The lowest BCUT2D eigenvalue weighted by atomic mass is 9.57. The molecule has 0 aliphatic heterocycles. The number of nitriles is 1. The number of thioether (sulfide) groups is 2. The van der Waals surface area contributed by atoms with Gasteiger partial charge in [0.15, 0.2) is 17.4 Å². The van der Waals surface area contributed by atoms with Crippen molar-refractivity contribution in [2.45, 2.75) is 16.0 Å². The Kier molecular flexibility index (Phi) is 9.12. The third-order valence-electron chi connectivity index (χ3n) is 8.70. The van der Waals surface area contributed by atoms with Gasteiger partial charge in [-0.2, -0.15) is 15.5 Å². The Morgan fingerprint density at radius 3 is 1.94 bits per heavy atom. The molecule has 254 valence electrons. The van der Waals surface area contributed by atoms with Gasteiger partial charge in [-0.25, -0.2) is 14.2 Å². The van der Waals surface area contributed by atoms with Gasteiger partial charge in [0.25, 0.3) is 0 Å². The maximum absolute atomic E-state index is 15.2. The summed E-state index contributed by atoms with van der Waals surface area (Å²) in [5.41, 5.74) is -2.97. The number of hydrogen-bond donors (Lipinski definition) is 1. The summed E-state index contributed by atoms with van der Waals surface area (Å²) in [6.07, 6.45) is 3.38. The molecule has 16 heteroatoms. The maximum atomic E-state index is 15.2. The van der Waals surface area contributed by atoms with E-state index in [-0.39, 0.29) is 27.7 Å². The number of carbonyl (C=O) groups is 5. The van der Waals surface area contributed by atoms with Crippen molar-refractivity contribution in [3.8, 4) is 17.4 Å². The number of anilines is 1. The van der Waals surface area contributed by atoms with Crippen molar-refractivity contribution in [1.29, 1.82) is 5.26 Å². The van der Waals surface area contributed by atoms with Gasteiger partial charge in [0.1, 0.15) is 33.0 Å². The van der Waals surface area contributed by atoms with E-state index < -0.39 is 58.0 Å². The highest BCUT2D eigenvalue weighted by molar-refractivity contribution is 7.98. The molecule has 1 N–H and O–H groups in total. The molecule has 6 rings (SSSR count). The lowest BCUT2D eigenvalue weighted by molar-refractivity contribution is -0.165. The second-order valence-electron chi connectivity index (χ2n) is 11.0. The number of ether oxygens (including phenoxy) is 3. The Hall–Kier alpha value is -5.66.